The molecule has 0 amide bonds. The number of rotatable bonds is 5. The first-order valence-electron chi connectivity index (χ1n) is 7.49. The third kappa shape index (κ3) is 2.05. The molecule has 0 fully saturated rings. The molecule has 0 aliphatic heterocycles. The summed E-state index contributed by atoms with van der Waals surface area (Å²) in [4.78, 5) is 0. The molecule has 0 saturated heterocycles. The normalized spacial score (nSPS) is 11.3. The van der Waals surface area contributed by atoms with Crippen LogP contribution in [0.15, 0.2) is 42.5 Å². The van der Waals surface area contributed by atoms with Crippen molar-refractivity contribution in [1.82, 2.24) is 4.57 Å². The standard InChI is InChI=1S/C18H21NO/c1-3-5-13-20-17-12-8-10-15-14-9-6-7-11-16(14)19(4-2)18(15)17/h6-12H,3-5,13H2,1-2H3. The number of hydrogen-bond acceptors (Lipinski definition) is 1. The maximum absolute atomic E-state index is 6.01. The minimum atomic E-state index is 0.793. The van der Waals surface area contributed by atoms with Crippen molar-refractivity contribution in [2.75, 3.05) is 6.61 Å². The monoisotopic (exact) mass is 267 g/mol. The average Bonchev–Trinajstić information content (AvgIpc) is 2.82. The molecule has 20 heavy (non-hydrogen) atoms. The van der Waals surface area contributed by atoms with E-state index in [1.165, 1.54) is 21.8 Å². The lowest BCUT2D eigenvalue weighted by Gasteiger charge is -2.10. The summed E-state index contributed by atoms with van der Waals surface area (Å²) in [5.74, 6) is 1.01. The van der Waals surface area contributed by atoms with Gasteiger partial charge in [0.25, 0.3) is 0 Å². The molecule has 2 nitrogen and oxygen atoms in total. The van der Waals surface area contributed by atoms with Crippen molar-refractivity contribution >= 4 is 21.8 Å². The van der Waals surface area contributed by atoms with Crippen molar-refractivity contribution in [1.29, 1.82) is 0 Å². The highest BCUT2D eigenvalue weighted by atomic mass is 16.5. The van der Waals surface area contributed by atoms with E-state index in [1.807, 2.05) is 0 Å². The van der Waals surface area contributed by atoms with Crippen LogP contribution in [0, 0.1) is 0 Å². The Kier molecular flexibility index (Phi) is 3.64. The summed E-state index contributed by atoms with van der Waals surface area (Å²) in [6, 6.07) is 15.0. The van der Waals surface area contributed by atoms with Gasteiger partial charge in [0.15, 0.2) is 0 Å². The molecule has 1 aromatic heterocycles. The number of aryl methyl sites for hydroxylation is 1. The van der Waals surface area contributed by atoms with Gasteiger partial charge in [-0.3, -0.25) is 0 Å². The minimum absolute atomic E-state index is 0.793. The van der Waals surface area contributed by atoms with E-state index in [0.717, 1.165) is 31.7 Å². The minimum Gasteiger partial charge on any atom is -0.491 e. The fourth-order valence-corrected chi connectivity index (χ4v) is 2.85. The topological polar surface area (TPSA) is 14.2 Å². The lowest BCUT2D eigenvalue weighted by molar-refractivity contribution is 0.311. The molecule has 0 saturated carbocycles. The Bertz CT molecular complexity index is 727. The second-order valence-electron chi connectivity index (χ2n) is 5.12. The number of ether oxygens (including phenoxy) is 1. The van der Waals surface area contributed by atoms with Gasteiger partial charge in [-0.1, -0.05) is 43.7 Å². The molecule has 0 N–H and O–H groups in total. The highest BCUT2D eigenvalue weighted by Gasteiger charge is 2.13. The Morgan fingerprint density at radius 1 is 0.950 bits per heavy atom. The fourth-order valence-electron chi connectivity index (χ4n) is 2.85. The van der Waals surface area contributed by atoms with E-state index in [4.69, 9.17) is 4.74 Å². The maximum Gasteiger partial charge on any atom is 0.143 e. The van der Waals surface area contributed by atoms with Gasteiger partial charge in [0.2, 0.25) is 0 Å². The Morgan fingerprint density at radius 3 is 2.55 bits per heavy atom. The van der Waals surface area contributed by atoms with E-state index in [1.54, 1.807) is 0 Å². The lowest BCUT2D eigenvalue weighted by atomic mass is 10.1. The van der Waals surface area contributed by atoms with Crippen LogP contribution in [-0.4, -0.2) is 11.2 Å². The summed E-state index contributed by atoms with van der Waals surface area (Å²) in [6.45, 7) is 6.13. The lowest BCUT2D eigenvalue weighted by Crippen LogP contribution is -2.00. The van der Waals surface area contributed by atoms with Gasteiger partial charge in [-0.15, -0.1) is 0 Å². The number of benzene rings is 2. The number of unbranched alkanes of at least 4 members (excludes halogenated alkanes) is 1. The van der Waals surface area contributed by atoms with Crippen LogP contribution in [0.5, 0.6) is 5.75 Å². The van der Waals surface area contributed by atoms with Crippen molar-refractivity contribution in [2.45, 2.75) is 33.2 Å². The molecule has 0 spiro atoms. The van der Waals surface area contributed by atoms with Crippen molar-refractivity contribution in [3.63, 3.8) is 0 Å². The summed E-state index contributed by atoms with van der Waals surface area (Å²) < 4.78 is 8.36. The van der Waals surface area contributed by atoms with Crippen LogP contribution in [0.3, 0.4) is 0 Å². The SMILES string of the molecule is CCCCOc1cccc2c3ccccc3n(CC)c12. The van der Waals surface area contributed by atoms with E-state index >= 15 is 0 Å². The van der Waals surface area contributed by atoms with Crippen molar-refractivity contribution in [3.8, 4) is 5.75 Å². The Balaban J connectivity index is 2.21. The van der Waals surface area contributed by atoms with Crippen molar-refractivity contribution in [3.05, 3.63) is 42.5 Å². The second kappa shape index (κ2) is 5.58. The van der Waals surface area contributed by atoms with Crippen LogP contribution < -0.4 is 4.74 Å². The molecule has 3 aromatic rings. The van der Waals surface area contributed by atoms with Gasteiger partial charge in [-0.2, -0.15) is 0 Å². The van der Waals surface area contributed by atoms with E-state index in [9.17, 15) is 0 Å². The highest BCUT2D eigenvalue weighted by Crippen LogP contribution is 2.34. The van der Waals surface area contributed by atoms with E-state index in [-0.39, 0.29) is 0 Å². The number of aromatic nitrogens is 1. The molecule has 0 atom stereocenters. The molecule has 0 bridgehead atoms. The van der Waals surface area contributed by atoms with Crippen molar-refractivity contribution in [2.24, 2.45) is 0 Å². The third-order valence-electron chi connectivity index (χ3n) is 3.83. The first kappa shape index (κ1) is 13.0. The van der Waals surface area contributed by atoms with Crippen LogP contribution in [0.1, 0.15) is 26.7 Å². The molecule has 3 rings (SSSR count). The average molecular weight is 267 g/mol. The van der Waals surface area contributed by atoms with Crippen molar-refractivity contribution < 1.29 is 4.74 Å². The van der Waals surface area contributed by atoms with E-state index < -0.39 is 0 Å². The molecule has 104 valence electrons. The van der Waals surface area contributed by atoms with Gasteiger partial charge in [-0.05, 0) is 25.5 Å². The summed E-state index contributed by atoms with van der Waals surface area (Å²) in [7, 11) is 0. The van der Waals surface area contributed by atoms with Gasteiger partial charge in [0.1, 0.15) is 5.75 Å². The van der Waals surface area contributed by atoms with Gasteiger partial charge in [0, 0.05) is 22.8 Å². The molecule has 0 unspecified atom stereocenters. The molecule has 1 heterocycles. The molecule has 0 radical (unpaired) electrons. The predicted molar refractivity (Wildman–Crippen MR) is 85.5 cm³/mol. The molecule has 0 aliphatic rings. The maximum atomic E-state index is 6.01. The number of fused-ring (bicyclic) bond motifs is 3. The zero-order chi connectivity index (χ0) is 13.9. The Hall–Kier alpha value is -1.96. The summed E-state index contributed by atoms with van der Waals surface area (Å²) in [5, 5.41) is 2.60. The molecule has 2 aromatic carbocycles. The molecule has 2 heteroatoms. The van der Waals surface area contributed by atoms with Crippen LogP contribution in [-0.2, 0) is 6.54 Å². The zero-order valence-electron chi connectivity index (χ0n) is 12.2. The quantitative estimate of drug-likeness (QED) is 0.594. The van der Waals surface area contributed by atoms with Crippen LogP contribution >= 0.6 is 0 Å². The van der Waals surface area contributed by atoms with E-state index in [2.05, 4.69) is 60.9 Å². The second-order valence-corrected chi connectivity index (χ2v) is 5.12. The third-order valence-corrected chi connectivity index (χ3v) is 3.83. The Labute approximate surface area is 120 Å². The van der Waals surface area contributed by atoms with Gasteiger partial charge < -0.3 is 9.30 Å². The first-order valence-corrected chi connectivity index (χ1v) is 7.49. The molecular weight excluding hydrogens is 246 g/mol. The number of nitrogens with zero attached hydrogens (tertiary/aromatic N) is 1. The fraction of sp³-hybridized carbons (Fsp3) is 0.333. The summed E-state index contributed by atoms with van der Waals surface area (Å²) in [5.41, 5.74) is 2.52. The van der Waals surface area contributed by atoms with Gasteiger partial charge in [-0.25, -0.2) is 0 Å². The molecular formula is C18H21NO. The summed E-state index contributed by atoms with van der Waals surface area (Å²) in [6.07, 6.45) is 2.26. The summed E-state index contributed by atoms with van der Waals surface area (Å²) >= 11 is 0. The van der Waals surface area contributed by atoms with Gasteiger partial charge in [0.05, 0.1) is 12.1 Å². The van der Waals surface area contributed by atoms with E-state index in [0.29, 0.717) is 0 Å². The van der Waals surface area contributed by atoms with Crippen LogP contribution in [0.25, 0.3) is 21.8 Å². The smallest absolute Gasteiger partial charge is 0.143 e. The first-order chi connectivity index (χ1) is 9.86. The zero-order valence-corrected chi connectivity index (χ0v) is 12.2. The highest BCUT2D eigenvalue weighted by molar-refractivity contribution is 6.09. The number of para-hydroxylation sites is 2. The Morgan fingerprint density at radius 2 is 1.75 bits per heavy atom. The van der Waals surface area contributed by atoms with Crippen LogP contribution in [0.2, 0.25) is 0 Å². The largest absolute Gasteiger partial charge is 0.491 e. The number of hydrogen-bond donors (Lipinski definition) is 0. The van der Waals surface area contributed by atoms with Crippen LogP contribution in [0.4, 0.5) is 0 Å². The molecule has 0 aliphatic carbocycles. The predicted octanol–water partition coefficient (Wildman–Crippen LogP) is 4.99. The van der Waals surface area contributed by atoms with Gasteiger partial charge >= 0.3 is 0 Å².